The Hall–Kier alpha value is -2.90. The highest BCUT2D eigenvalue weighted by atomic mass is 32.2. The average Bonchev–Trinajstić information content (AvgIpc) is 3.44. The number of halogens is 1. The van der Waals surface area contributed by atoms with Gasteiger partial charge in [-0.05, 0) is 46.8 Å². The van der Waals surface area contributed by atoms with Crippen LogP contribution in [0.4, 0.5) is 4.39 Å². The van der Waals surface area contributed by atoms with E-state index >= 15 is 0 Å². The van der Waals surface area contributed by atoms with Gasteiger partial charge in [-0.25, -0.2) is 9.37 Å². The first-order valence-corrected chi connectivity index (χ1v) is 10.9. The standard InChI is InChI=1S/C22H18FN3OS2/c23-17-10-8-15(9-11-17)18-13-24-22(25-18)29-14-20(27)26-21(19-7-4-12-28-19)16-5-2-1-3-6-16/h1-13,21H,14H2,(H,24,25)(H,26,27). The number of imidazole rings is 1. The summed E-state index contributed by atoms with van der Waals surface area (Å²) in [5, 5.41) is 5.77. The second kappa shape index (κ2) is 9.07. The van der Waals surface area contributed by atoms with Crippen LogP contribution in [0.3, 0.4) is 0 Å². The number of nitrogens with one attached hydrogen (secondary N) is 2. The van der Waals surface area contributed by atoms with Crippen LogP contribution in [0.15, 0.2) is 83.5 Å². The SMILES string of the molecule is O=C(CSc1ncc(-c2ccc(F)cc2)[nH]1)NC(c1ccccc1)c1cccs1. The fourth-order valence-electron chi connectivity index (χ4n) is 2.91. The molecule has 0 saturated carbocycles. The van der Waals surface area contributed by atoms with Gasteiger partial charge in [-0.2, -0.15) is 0 Å². The van der Waals surface area contributed by atoms with E-state index in [-0.39, 0.29) is 23.5 Å². The van der Waals surface area contributed by atoms with Gasteiger partial charge in [0.25, 0.3) is 0 Å². The number of hydrogen-bond acceptors (Lipinski definition) is 4. The van der Waals surface area contributed by atoms with Crippen molar-refractivity contribution in [3.63, 3.8) is 0 Å². The number of aromatic nitrogens is 2. The van der Waals surface area contributed by atoms with Gasteiger partial charge in [0.2, 0.25) is 5.91 Å². The third-order valence-electron chi connectivity index (χ3n) is 4.31. The van der Waals surface area contributed by atoms with Crippen LogP contribution in [0.5, 0.6) is 0 Å². The molecule has 4 nitrogen and oxygen atoms in total. The lowest BCUT2D eigenvalue weighted by Gasteiger charge is -2.17. The molecule has 1 atom stereocenters. The number of carbonyl (C=O) groups is 1. The zero-order valence-electron chi connectivity index (χ0n) is 15.3. The monoisotopic (exact) mass is 423 g/mol. The molecule has 0 aliphatic rings. The van der Waals surface area contributed by atoms with Crippen LogP contribution in [0.2, 0.25) is 0 Å². The Morgan fingerprint density at radius 2 is 1.90 bits per heavy atom. The fourth-order valence-corrected chi connectivity index (χ4v) is 4.37. The quantitative estimate of drug-likeness (QED) is 0.398. The third-order valence-corrected chi connectivity index (χ3v) is 6.14. The van der Waals surface area contributed by atoms with Crippen LogP contribution >= 0.6 is 23.1 Å². The van der Waals surface area contributed by atoms with E-state index < -0.39 is 0 Å². The second-order valence-electron chi connectivity index (χ2n) is 6.32. The first kappa shape index (κ1) is 19.4. The molecular formula is C22H18FN3OS2. The topological polar surface area (TPSA) is 57.8 Å². The molecule has 0 aliphatic heterocycles. The van der Waals surface area contributed by atoms with Crippen molar-refractivity contribution in [3.05, 3.63) is 94.6 Å². The summed E-state index contributed by atoms with van der Waals surface area (Å²) in [5.41, 5.74) is 2.68. The number of thiophene rings is 1. The Morgan fingerprint density at radius 3 is 2.62 bits per heavy atom. The van der Waals surface area contributed by atoms with Gasteiger partial charge in [-0.3, -0.25) is 4.79 Å². The summed E-state index contributed by atoms with van der Waals surface area (Å²) in [6, 6.07) is 20.0. The number of hydrogen-bond donors (Lipinski definition) is 2. The lowest BCUT2D eigenvalue weighted by atomic mass is 10.1. The number of H-pyrrole nitrogens is 1. The van der Waals surface area contributed by atoms with Crippen molar-refractivity contribution in [2.75, 3.05) is 5.75 Å². The van der Waals surface area contributed by atoms with Crippen LogP contribution in [-0.2, 0) is 4.79 Å². The van der Waals surface area contributed by atoms with E-state index in [9.17, 15) is 9.18 Å². The van der Waals surface area contributed by atoms with Gasteiger partial charge in [0.15, 0.2) is 5.16 Å². The molecular weight excluding hydrogens is 405 g/mol. The van der Waals surface area contributed by atoms with Crippen molar-refractivity contribution < 1.29 is 9.18 Å². The smallest absolute Gasteiger partial charge is 0.231 e. The van der Waals surface area contributed by atoms with Crippen LogP contribution in [0, 0.1) is 5.82 Å². The maximum absolute atomic E-state index is 13.1. The lowest BCUT2D eigenvalue weighted by Crippen LogP contribution is -2.30. The summed E-state index contributed by atoms with van der Waals surface area (Å²) in [6.07, 6.45) is 1.69. The Balaban J connectivity index is 1.40. The molecule has 0 aliphatic carbocycles. The van der Waals surface area contributed by atoms with E-state index in [1.807, 2.05) is 47.8 Å². The fraction of sp³-hybridized carbons (Fsp3) is 0.0909. The van der Waals surface area contributed by atoms with Crippen molar-refractivity contribution in [1.29, 1.82) is 0 Å². The Kier molecular flexibility index (Phi) is 6.07. The molecule has 0 spiro atoms. The normalized spacial score (nSPS) is 11.9. The number of rotatable bonds is 7. The number of carbonyl (C=O) groups excluding carboxylic acids is 1. The number of thioether (sulfide) groups is 1. The van der Waals surface area contributed by atoms with Crippen molar-refractivity contribution in [2.24, 2.45) is 0 Å². The summed E-state index contributed by atoms with van der Waals surface area (Å²) < 4.78 is 13.1. The zero-order chi connectivity index (χ0) is 20.1. The van der Waals surface area contributed by atoms with E-state index in [1.54, 1.807) is 29.7 Å². The molecule has 0 radical (unpaired) electrons. The molecule has 7 heteroatoms. The summed E-state index contributed by atoms with van der Waals surface area (Å²) >= 11 is 2.95. The largest absolute Gasteiger partial charge is 0.344 e. The van der Waals surface area contributed by atoms with Gasteiger partial charge in [0.05, 0.1) is 23.7 Å². The van der Waals surface area contributed by atoms with E-state index in [4.69, 9.17) is 0 Å². The average molecular weight is 424 g/mol. The number of aromatic amines is 1. The van der Waals surface area contributed by atoms with Gasteiger partial charge >= 0.3 is 0 Å². The molecule has 2 aromatic heterocycles. The lowest BCUT2D eigenvalue weighted by molar-refractivity contribution is -0.119. The minimum absolute atomic E-state index is 0.0722. The zero-order valence-corrected chi connectivity index (χ0v) is 17.0. The summed E-state index contributed by atoms with van der Waals surface area (Å²) in [6.45, 7) is 0. The summed E-state index contributed by atoms with van der Waals surface area (Å²) in [5.74, 6) is -0.110. The Bertz CT molecular complexity index is 1060. The third kappa shape index (κ3) is 4.93. The van der Waals surface area contributed by atoms with Crippen molar-refractivity contribution >= 4 is 29.0 Å². The molecule has 4 aromatic rings. The molecule has 0 fully saturated rings. The van der Waals surface area contributed by atoms with Crippen molar-refractivity contribution in [3.8, 4) is 11.3 Å². The molecule has 2 heterocycles. The molecule has 4 rings (SSSR count). The highest BCUT2D eigenvalue weighted by molar-refractivity contribution is 7.99. The van der Waals surface area contributed by atoms with Crippen molar-refractivity contribution in [1.82, 2.24) is 15.3 Å². The van der Waals surface area contributed by atoms with E-state index in [0.717, 1.165) is 21.7 Å². The molecule has 0 saturated heterocycles. The molecule has 29 heavy (non-hydrogen) atoms. The van der Waals surface area contributed by atoms with Gasteiger partial charge in [0, 0.05) is 4.88 Å². The highest BCUT2D eigenvalue weighted by Crippen LogP contribution is 2.26. The minimum atomic E-state index is -0.279. The predicted octanol–water partition coefficient (Wildman–Crippen LogP) is 5.28. The van der Waals surface area contributed by atoms with E-state index in [0.29, 0.717) is 5.16 Å². The highest BCUT2D eigenvalue weighted by Gasteiger charge is 2.18. The first-order chi connectivity index (χ1) is 14.2. The number of amides is 1. The van der Waals surface area contributed by atoms with Crippen LogP contribution in [0.25, 0.3) is 11.3 Å². The van der Waals surface area contributed by atoms with Crippen LogP contribution in [-0.4, -0.2) is 21.6 Å². The molecule has 1 unspecified atom stereocenters. The Labute approximate surface area is 176 Å². The minimum Gasteiger partial charge on any atom is -0.344 e. The van der Waals surface area contributed by atoms with Gasteiger partial charge in [0.1, 0.15) is 5.82 Å². The molecule has 1 amide bonds. The second-order valence-corrected chi connectivity index (χ2v) is 8.27. The molecule has 2 N–H and O–H groups in total. The maximum atomic E-state index is 13.1. The van der Waals surface area contributed by atoms with Gasteiger partial charge in [-0.15, -0.1) is 11.3 Å². The van der Waals surface area contributed by atoms with Gasteiger partial charge < -0.3 is 10.3 Å². The van der Waals surface area contributed by atoms with E-state index in [2.05, 4.69) is 15.3 Å². The number of benzene rings is 2. The summed E-state index contributed by atoms with van der Waals surface area (Å²) in [7, 11) is 0. The van der Waals surface area contributed by atoms with Crippen LogP contribution < -0.4 is 5.32 Å². The Morgan fingerprint density at radius 1 is 1.10 bits per heavy atom. The van der Waals surface area contributed by atoms with Crippen molar-refractivity contribution in [2.45, 2.75) is 11.2 Å². The maximum Gasteiger partial charge on any atom is 0.231 e. The molecule has 0 bridgehead atoms. The molecule has 146 valence electrons. The molecule has 2 aromatic carbocycles. The van der Waals surface area contributed by atoms with Crippen LogP contribution in [0.1, 0.15) is 16.5 Å². The van der Waals surface area contributed by atoms with Gasteiger partial charge in [-0.1, -0.05) is 48.2 Å². The predicted molar refractivity (Wildman–Crippen MR) is 115 cm³/mol. The summed E-state index contributed by atoms with van der Waals surface area (Å²) in [4.78, 5) is 21.2. The van der Waals surface area contributed by atoms with E-state index in [1.165, 1.54) is 23.9 Å². The first-order valence-electron chi connectivity index (χ1n) is 9.00. The number of nitrogens with zero attached hydrogens (tertiary/aromatic N) is 1.